The van der Waals surface area contributed by atoms with Gasteiger partial charge in [-0.3, -0.25) is 4.79 Å². The predicted octanol–water partition coefficient (Wildman–Crippen LogP) is 2.74. The number of carbonyl (C=O) groups is 1. The SMILES string of the molecule is CC(C)CN(CCC(N)=S)C(=O)c1ccc(F)cc1F. The molecule has 0 aliphatic rings. The number of hydrogen-bond donors (Lipinski definition) is 1. The molecule has 0 spiro atoms. The van der Waals surface area contributed by atoms with Gasteiger partial charge in [0.2, 0.25) is 0 Å². The fraction of sp³-hybridized carbons (Fsp3) is 0.429. The van der Waals surface area contributed by atoms with Gasteiger partial charge in [0.25, 0.3) is 5.91 Å². The summed E-state index contributed by atoms with van der Waals surface area (Å²) in [5, 5.41) is 0. The lowest BCUT2D eigenvalue weighted by atomic mass is 10.1. The van der Waals surface area contributed by atoms with Crippen molar-refractivity contribution in [2.75, 3.05) is 13.1 Å². The minimum absolute atomic E-state index is 0.144. The van der Waals surface area contributed by atoms with Crippen LogP contribution in [-0.4, -0.2) is 28.9 Å². The lowest BCUT2D eigenvalue weighted by Crippen LogP contribution is -2.37. The van der Waals surface area contributed by atoms with Gasteiger partial charge in [0.1, 0.15) is 11.6 Å². The molecular weight excluding hydrogens is 282 g/mol. The fourth-order valence-electron chi connectivity index (χ4n) is 1.79. The quantitative estimate of drug-likeness (QED) is 0.822. The molecule has 0 aromatic heterocycles. The molecular formula is C14H18F2N2OS. The van der Waals surface area contributed by atoms with E-state index in [-0.39, 0.29) is 11.5 Å². The standard InChI is InChI=1S/C14H18F2N2OS/c1-9(2)8-18(6-5-13(17)20)14(19)11-4-3-10(15)7-12(11)16/h3-4,7,9H,5-6,8H2,1-2H3,(H2,17,20). The Morgan fingerprint density at radius 3 is 2.55 bits per heavy atom. The molecule has 3 nitrogen and oxygen atoms in total. The fourth-order valence-corrected chi connectivity index (χ4v) is 1.89. The lowest BCUT2D eigenvalue weighted by molar-refractivity contribution is 0.0736. The zero-order valence-electron chi connectivity index (χ0n) is 11.5. The summed E-state index contributed by atoms with van der Waals surface area (Å²) in [5.74, 6) is -1.84. The largest absolute Gasteiger partial charge is 0.393 e. The summed E-state index contributed by atoms with van der Waals surface area (Å²) in [6.45, 7) is 4.67. The van der Waals surface area contributed by atoms with Gasteiger partial charge in [-0.1, -0.05) is 26.1 Å². The maximum absolute atomic E-state index is 13.7. The third-order valence-electron chi connectivity index (χ3n) is 2.66. The van der Waals surface area contributed by atoms with Crippen LogP contribution >= 0.6 is 12.2 Å². The van der Waals surface area contributed by atoms with Crippen LogP contribution in [0.2, 0.25) is 0 Å². The Bertz CT molecular complexity index is 506. The minimum Gasteiger partial charge on any atom is -0.393 e. The number of rotatable bonds is 6. The Balaban J connectivity index is 2.93. The highest BCUT2D eigenvalue weighted by Crippen LogP contribution is 2.14. The Hall–Kier alpha value is -1.56. The number of carbonyl (C=O) groups excluding carboxylic acids is 1. The molecule has 0 aliphatic heterocycles. The minimum atomic E-state index is -0.862. The van der Waals surface area contributed by atoms with Crippen LogP contribution in [0.15, 0.2) is 18.2 Å². The number of nitrogens with two attached hydrogens (primary N) is 1. The molecule has 110 valence electrons. The van der Waals surface area contributed by atoms with Gasteiger partial charge in [0.15, 0.2) is 0 Å². The zero-order chi connectivity index (χ0) is 15.3. The van der Waals surface area contributed by atoms with Gasteiger partial charge in [-0.2, -0.15) is 0 Å². The number of amides is 1. The molecule has 1 aromatic rings. The molecule has 1 amide bonds. The van der Waals surface area contributed by atoms with Crippen LogP contribution in [0.4, 0.5) is 8.78 Å². The molecule has 2 N–H and O–H groups in total. The first-order valence-electron chi connectivity index (χ1n) is 6.34. The van der Waals surface area contributed by atoms with Gasteiger partial charge in [-0.15, -0.1) is 0 Å². The zero-order valence-corrected chi connectivity index (χ0v) is 12.3. The third kappa shape index (κ3) is 4.85. The van der Waals surface area contributed by atoms with Crippen molar-refractivity contribution >= 4 is 23.1 Å². The van der Waals surface area contributed by atoms with E-state index in [2.05, 4.69) is 0 Å². The summed E-state index contributed by atoms with van der Waals surface area (Å²) in [6.07, 6.45) is 0.372. The van der Waals surface area contributed by atoms with Crippen molar-refractivity contribution in [3.05, 3.63) is 35.4 Å². The second-order valence-corrected chi connectivity index (χ2v) is 5.51. The van der Waals surface area contributed by atoms with Crippen molar-refractivity contribution in [1.29, 1.82) is 0 Å². The summed E-state index contributed by atoms with van der Waals surface area (Å²) in [4.78, 5) is 14.1. The number of hydrogen-bond acceptors (Lipinski definition) is 2. The molecule has 20 heavy (non-hydrogen) atoms. The highest BCUT2D eigenvalue weighted by molar-refractivity contribution is 7.80. The average Bonchev–Trinajstić information content (AvgIpc) is 2.33. The van der Waals surface area contributed by atoms with E-state index >= 15 is 0 Å². The van der Waals surface area contributed by atoms with Crippen molar-refractivity contribution < 1.29 is 13.6 Å². The van der Waals surface area contributed by atoms with Gasteiger partial charge in [0, 0.05) is 25.6 Å². The molecule has 0 saturated heterocycles. The molecule has 0 fully saturated rings. The Morgan fingerprint density at radius 2 is 2.05 bits per heavy atom. The van der Waals surface area contributed by atoms with Crippen molar-refractivity contribution in [2.45, 2.75) is 20.3 Å². The van der Waals surface area contributed by atoms with Crippen molar-refractivity contribution in [2.24, 2.45) is 11.7 Å². The average molecular weight is 300 g/mol. The summed E-state index contributed by atoms with van der Waals surface area (Å²) in [5.41, 5.74) is 5.29. The second-order valence-electron chi connectivity index (χ2n) is 4.99. The lowest BCUT2D eigenvalue weighted by Gasteiger charge is -2.24. The number of nitrogens with zero attached hydrogens (tertiary/aromatic N) is 1. The monoisotopic (exact) mass is 300 g/mol. The molecule has 0 unspecified atom stereocenters. The highest BCUT2D eigenvalue weighted by Gasteiger charge is 2.20. The van der Waals surface area contributed by atoms with E-state index in [1.165, 1.54) is 4.90 Å². The smallest absolute Gasteiger partial charge is 0.256 e. The van der Waals surface area contributed by atoms with E-state index in [1.807, 2.05) is 13.8 Å². The maximum Gasteiger partial charge on any atom is 0.256 e. The van der Waals surface area contributed by atoms with Crippen LogP contribution in [0, 0.1) is 17.6 Å². The molecule has 0 bridgehead atoms. The van der Waals surface area contributed by atoms with E-state index in [0.29, 0.717) is 30.6 Å². The molecule has 0 atom stereocenters. The van der Waals surface area contributed by atoms with Crippen LogP contribution in [0.3, 0.4) is 0 Å². The number of benzene rings is 1. The summed E-state index contributed by atoms with van der Waals surface area (Å²) in [7, 11) is 0. The molecule has 0 aliphatic carbocycles. The van der Waals surface area contributed by atoms with Crippen LogP contribution in [0.25, 0.3) is 0 Å². The van der Waals surface area contributed by atoms with Gasteiger partial charge < -0.3 is 10.6 Å². The first-order chi connectivity index (χ1) is 9.31. The predicted molar refractivity (Wildman–Crippen MR) is 78.5 cm³/mol. The van der Waals surface area contributed by atoms with Crippen molar-refractivity contribution in [3.63, 3.8) is 0 Å². The first-order valence-corrected chi connectivity index (χ1v) is 6.74. The Labute approximate surface area is 122 Å². The van der Waals surface area contributed by atoms with E-state index in [9.17, 15) is 13.6 Å². The Kier molecular flexibility index (Phi) is 6.01. The molecule has 0 radical (unpaired) electrons. The summed E-state index contributed by atoms with van der Waals surface area (Å²) < 4.78 is 26.5. The molecule has 1 rings (SSSR count). The normalized spacial score (nSPS) is 10.7. The molecule has 1 aromatic carbocycles. The van der Waals surface area contributed by atoms with Crippen molar-refractivity contribution in [3.8, 4) is 0 Å². The second kappa shape index (κ2) is 7.28. The third-order valence-corrected chi connectivity index (χ3v) is 2.87. The first kappa shape index (κ1) is 16.5. The molecule has 6 heteroatoms. The van der Waals surface area contributed by atoms with Crippen LogP contribution < -0.4 is 5.73 Å². The topological polar surface area (TPSA) is 46.3 Å². The molecule has 0 saturated carbocycles. The van der Waals surface area contributed by atoms with E-state index in [0.717, 1.165) is 12.1 Å². The van der Waals surface area contributed by atoms with Crippen LogP contribution in [-0.2, 0) is 0 Å². The van der Waals surface area contributed by atoms with Crippen LogP contribution in [0.1, 0.15) is 30.6 Å². The van der Waals surface area contributed by atoms with Crippen LogP contribution in [0.5, 0.6) is 0 Å². The summed E-state index contributed by atoms with van der Waals surface area (Å²) in [6, 6.07) is 2.92. The van der Waals surface area contributed by atoms with Gasteiger partial charge >= 0.3 is 0 Å². The highest BCUT2D eigenvalue weighted by atomic mass is 32.1. The van der Waals surface area contributed by atoms with Gasteiger partial charge in [-0.25, -0.2) is 8.78 Å². The molecule has 0 heterocycles. The Morgan fingerprint density at radius 1 is 1.40 bits per heavy atom. The summed E-state index contributed by atoms with van der Waals surface area (Å²) >= 11 is 4.79. The van der Waals surface area contributed by atoms with Gasteiger partial charge in [-0.05, 0) is 18.1 Å². The van der Waals surface area contributed by atoms with E-state index in [4.69, 9.17) is 18.0 Å². The van der Waals surface area contributed by atoms with Gasteiger partial charge in [0.05, 0.1) is 10.6 Å². The van der Waals surface area contributed by atoms with E-state index in [1.54, 1.807) is 0 Å². The van der Waals surface area contributed by atoms with E-state index < -0.39 is 17.5 Å². The van der Waals surface area contributed by atoms with Crippen molar-refractivity contribution in [1.82, 2.24) is 4.90 Å². The maximum atomic E-state index is 13.7. The number of halogens is 2. The number of thiocarbonyl (C=S) groups is 1.